The monoisotopic (exact) mass is 308 g/mol. The average Bonchev–Trinajstić information content (AvgIpc) is 3.32. The minimum absolute atomic E-state index is 0.229. The first-order valence-electron chi connectivity index (χ1n) is 7.58. The maximum atomic E-state index is 10.6. The van der Waals surface area contributed by atoms with Crippen molar-refractivity contribution < 1.29 is 5.11 Å². The zero-order chi connectivity index (χ0) is 15.8. The van der Waals surface area contributed by atoms with E-state index in [1.165, 1.54) is 6.33 Å². The number of aromatic amines is 2. The van der Waals surface area contributed by atoms with Gasteiger partial charge in [-0.3, -0.25) is 4.90 Å². The van der Waals surface area contributed by atoms with Gasteiger partial charge in [0.1, 0.15) is 24.2 Å². The molecule has 0 aliphatic carbocycles. The third kappa shape index (κ3) is 2.29. The summed E-state index contributed by atoms with van der Waals surface area (Å²) in [5.41, 5.74) is 3.15. The lowest BCUT2D eigenvalue weighted by atomic mass is 10.1. The Labute approximate surface area is 132 Å². The zero-order valence-electron chi connectivity index (χ0n) is 12.4. The summed E-state index contributed by atoms with van der Waals surface area (Å²) in [6.07, 6.45) is 6.09. The van der Waals surface area contributed by atoms with Crippen molar-refractivity contribution in [2.75, 3.05) is 6.54 Å². The lowest BCUT2D eigenvalue weighted by molar-refractivity contribution is 0.00202. The number of likely N-dealkylation sites (tertiary alicyclic amines) is 1. The molecule has 0 saturated carbocycles. The summed E-state index contributed by atoms with van der Waals surface area (Å²) in [6.45, 7) is 0.726. The fraction of sp³-hybridized carbons (Fsp3) is 0.312. The van der Waals surface area contributed by atoms with Crippen LogP contribution in [0.25, 0.3) is 22.3 Å². The molecule has 1 aliphatic rings. The summed E-state index contributed by atoms with van der Waals surface area (Å²) in [4.78, 5) is 16.5. The van der Waals surface area contributed by atoms with Crippen LogP contribution < -0.4 is 0 Å². The van der Waals surface area contributed by atoms with Crippen LogP contribution in [0.15, 0.2) is 30.9 Å². The normalized spacial score (nSPS) is 19.9. The molecule has 7 nitrogen and oxygen atoms in total. The van der Waals surface area contributed by atoms with Crippen molar-refractivity contribution in [3.05, 3.63) is 36.5 Å². The molecule has 7 heteroatoms. The van der Waals surface area contributed by atoms with Gasteiger partial charge < -0.3 is 15.1 Å². The van der Waals surface area contributed by atoms with Crippen molar-refractivity contribution in [3.63, 3.8) is 0 Å². The molecule has 1 saturated heterocycles. The SMILES string of the molecule is N#CC1CCCN1C(O)c1cc(-c2ncnc3[nH]ccc23)c[nH]1. The van der Waals surface area contributed by atoms with E-state index in [4.69, 9.17) is 0 Å². The van der Waals surface area contributed by atoms with Crippen LogP contribution in [-0.4, -0.2) is 42.5 Å². The molecule has 4 rings (SSSR count). The molecule has 23 heavy (non-hydrogen) atoms. The summed E-state index contributed by atoms with van der Waals surface area (Å²) in [5.74, 6) is 0. The van der Waals surface area contributed by atoms with Gasteiger partial charge in [0, 0.05) is 29.9 Å². The first-order chi connectivity index (χ1) is 11.3. The van der Waals surface area contributed by atoms with Gasteiger partial charge in [0.2, 0.25) is 0 Å². The fourth-order valence-corrected chi connectivity index (χ4v) is 3.20. The van der Waals surface area contributed by atoms with Crippen LogP contribution in [0.2, 0.25) is 0 Å². The molecule has 1 aliphatic heterocycles. The Balaban J connectivity index is 1.67. The molecule has 0 bridgehead atoms. The van der Waals surface area contributed by atoms with E-state index in [1.54, 1.807) is 0 Å². The molecule has 0 radical (unpaired) electrons. The maximum Gasteiger partial charge on any atom is 0.149 e. The second kappa shape index (κ2) is 5.50. The second-order valence-corrected chi connectivity index (χ2v) is 5.70. The number of hydrogen-bond donors (Lipinski definition) is 3. The molecule has 3 aromatic rings. The molecule has 2 unspecified atom stereocenters. The molecule has 0 aromatic carbocycles. The molecule has 0 amide bonds. The molecular formula is C16H16N6O. The van der Waals surface area contributed by atoms with Crippen LogP contribution in [0.5, 0.6) is 0 Å². The minimum atomic E-state index is -0.806. The van der Waals surface area contributed by atoms with Crippen LogP contribution in [0.4, 0.5) is 0 Å². The highest BCUT2D eigenvalue weighted by Gasteiger charge is 2.31. The highest BCUT2D eigenvalue weighted by Crippen LogP contribution is 2.30. The third-order valence-electron chi connectivity index (χ3n) is 4.37. The van der Waals surface area contributed by atoms with Gasteiger partial charge in [-0.15, -0.1) is 0 Å². The van der Waals surface area contributed by atoms with E-state index in [-0.39, 0.29) is 6.04 Å². The number of nitrogens with one attached hydrogen (secondary N) is 2. The Kier molecular flexibility index (Phi) is 3.33. The Hall–Kier alpha value is -2.69. The first kappa shape index (κ1) is 13.9. The predicted molar refractivity (Wildman–Crippen MR) is 84.0 cm³/mol. The van der Waals surface area contributed by atoms with Crippen molar-refractivity contribution in [1.82, 2.24) is 24.8 Å². The summed E-state index contributed by atoms with van der Waals surface area (Å²) in [7, 11) is 0. The van der Waals surface area contributed by atoms with E-state index in [9.17, 15) is 10.4 Å². The first-order valence-corrected chi connectivity index (χ1v) is 7.58. The third-order valence-corrected chi connectivity index (χ3v) is 4.37. The van der Waals surface area contributed by atoms with Crippen LogP contribution in [0, 0.1) is 11.3 Å². The van der Waals surface area contributed by atoms with E-state index in [0.717, 1.165) is 41.7 Å². The zero-order valence-corrected chi connectivity index (χ0v) is 12.4. The summed E-state index contributed by atoms with van der Waals surface area (Å²) < 4.78 is 0. The Morgan fingerprint density at radius 1 is 1.39 bits per heavy atom. The van der Waals surface area contributed by atoms with Crippen LogP contribution in [0.3, 0.4) is 0 Å². The lowest BCUT2D eigenvalue weighted by Crippen LogP contribution is -2.32. The maximum absolute atomic E-state index is 10.6. The molecule has 2 atom stereocenters. The van der Waals surface area contributed by atoms with Crippen molar-refractivity contribution in [1.29, 1.82) is 5.26 Å². The Bertz CT molecular complexity index is 876. The summed E-state index contributed by atoms with van der Waals surface area (Å²) in [5, 5.41) is 20.7. The number of aliphatic hydroxyl groups is 1. The lowest BCUT2D eigenvalue weighted by Gasteiger charge is -2.24. The molecule has 116 valence electrons. The number of nitriles is 1. The molecule has 3 aromatic heterocycles. The number of rotatable bonds is 3. The topological polar surface area (TPSA) is 105 Å². The highest BCUT2D eigenvalue weighted by atomic mass is 16.3. The van der Waals surface area contributed by atoms with Gasteiger partial charge in [-0.2, -0.15) is 5.26 Å². The van der Waals surface area contributed by atoms with Crippen molar-refractivity contribution >= 4 is 11.0 Å². The number of fused-ring (bicyclic) bond motifs is 1. The van der Waals surface area contributed by atoms with E-state index in [0.29, 0.717) is 5.69 Å². The molecule has 3 N–H and O–H groups in total. The highest BCUT2D eigenvalue weighted by molar-refractivity contribution is 5.90. The van der Waals surface area contributed by atoms with Gasteiger partial charge >= 0.3 is 0 Å². The second-order valence-electron chi connectivity index (χ2n) is 5.70. The van der Waals surface area contributed by atoms with Gasteiger partial charge in [0.05, 0.1) is 17.5 Å². The number of aromatic nitrogens is 4. The average molecular weight is 308 g/mol. The molecule has 0 spiro atoms. The molecule has 1 fully saturated rings. The molecule has 4 heterocycles. The van der Waals surface area contributed by atoms with Crippen LogP contribution in [0.1, 0.15) is 24.8 Å². The predicted octanol–water partition coefficient (Wildman–Crippen LogP) is 1.93. The number of hydrogen-bond acceptors (Lipinski definition) is 5. The van der Waals surface area contributed by atoms with E-state index < -0.39 is 6.23 Å². The summed E-state index contributed by atoms with van der Waals surface area (Å²) >= 11 is 0. The fourth-order valence-electron chi connectivity index (χ4n) is 3.20. The van der Waals surface area contributed by atoms with E-state index in [2.05, 4.69) is 26.0 Å². The standard InChI is InChI=1S/C16H16N6O/c17-7-11-2-1-5-22(11)16(23)13-6-10(8-19-13)14-12-3-4-18-15(12)21-9-20-14/h3-4,6,8-9,11,16,19,23H,1-2,5H2,(H,18,20,21). The van der Waals surface area contributed by atoms with Crippen molar-refractivity contribution in [3.8, 4) is 17.3 Å². The van der Waals surface area contributed by atoms with Crippen molar-refractivity contribution in [2.45, 2.75) is 25.1 Å². The number of aliphatic hydroxyl groups excluding tert-OH is 1. The largest absolute Gasteiger partial charge is 0.372 e. The van der Waals surface area contributed by atoms with E-state index in [1.807, 2.05) is 29.4 Å². The van der Waals surface area contributed by atoms with E-state index >= 15 is 0 Å². The van der Waals surface area contributed by atoms with Gasteiger partial charge in [0.25, 0.3) is 0 Å². The Morgan fingerprint density at radius 2 is 2.30 bits per heavy atom. The minimum Gasteiger partial charge on any atom is -0.372 e. The quantitative estimate of drug-likeness (QED) is 0.686. The van der Waals surface area contributed by atoms with Gasteiger partial charge in [-0.25, -0.2) is 9.97 Å². The summed E-state index contributed by atoms with van der Waals surface area (Å²) in [6, 6.07) is 5.83. The van der Waals surface area contributed by atoms with Gasteiger partial charge in [0.15, 0.2) is 0 Å². The van der Waals surface area contributed by atoms with Gasteiger partial charge in [-0.1, -0.05) is 0 Å². The van der Waals surface area contributed by atoms with Crippen LogP contribution >= 0.6 is 0 Å². The van der Waals surface area contributed by atoms with Crippen molar-refractivity contribution in [2.24, 2.45) is 0 Å². The smallest absolute Gasteiger partial charge is 0.149 e. The van der Waals surface area contributed by atoms with Gasteiger partial charge in [-0.05, 0) is 25.0 Å². The van der Waals surface area contributed by atoms with Crippen LogP contribution in [-0.2, 0) is 0 Å². The number of H-pyrrole nitrogens is 2. The Morgan fingerprint density at radius 3 is 3.17 bits per heavy atom. The molecular weight excluding hydrogens is 292 g/mol. The number of nitrogens with zero attached hydrogens (tertiary/aromatic N) is 4.